The van der Waals surface area contributed by atoms with E-state index in [1.54, 1.807) is 6.07 Å². The van der Waals surface area contributed by atoms with Crippen LogP contribution in [-0.4, -0.2) is 23.8 Å². The molecule has 5 rings (SSSR count). The number of anilines is 1. The van der Waals surface area contributed by atoms with E-state index in [2.05, 4.69) is 17.6 Å². The maximum absolute atomic E-state index is 15.6. The van der Waals surface area contributed by atoms with Gasteiger partial charge in [0.1, 0.15) is 11.2 Å². The average Bonchev–Trinajstić information content (AvgIpc) is 3.31. The van der Waals surface area contributed by atoms with Crippen LogP contribution in [0.4, 0.5) is 18.9 Å². The molecule has 0 radical (unpaired) electrons. The molecule has 2 N–H and O–H groups in total. The van der Waals surface area contributed by atoms with Crippen molar-refractivity contribution in [3.05, 3.63) is 65.0 Å². The van der Waals surface area contributed by atoms with Crippen molar-refractivity contribution in [3.8, 4) is 0 Å². The van der Waals surface area contributed by atoms with Crippen LogP contribution in [0.3, 0.4) is 0 Å². The molecule has 2 aromatic carbocycles. The Bertz CT molecular complexity index is 1250. The lowest BCUT2D eigenvalue weighted by molar-refractivity contribution is -0.123. The minimum atomic E-state index is -1.41. The Kier molecular flexibility index (Phi) is 6.95. The molecule has 4 atom stereocenters. The molecule has 2 fully saturated rings. The van der Waals surface area contributed by atoms with E-state index < -0.39 is 46.8 Å². The van der Waals surface area contributed by atoms with Crippen LogP contribution in [-0.2, 0) is 15.0 Å². The molecule has 2 heterocycles. The molecule has 2 aromatic rings. The number of hydrogen-bond acceptors (Lipinski definition) is 3. The summed E-state index contributed by atoms with van der Waals surface area (Å²) >= 11 is 0. The van der Waals surface area contributed by atoms with Crippen LogP contribution in [0.1, 0.15) is 83.3 Å². The standard InChI is InChI=1S/C31H37F3N2O2/c1-17-8-10-18(11-9-17)14-24(37)28-26(20-6-5-7-22(33)27(20)34)31(25(36-28)16-30(2,3)4)21-13-12-19(32)15-23(21)35-29(31)38/h5-7,12-13,15,17-18,25-26,28,36H,8-11,14,16H2,1-4H3,(H,35,38)/t17?,18?,25-,26-,28-,31+/m0/s1. The zero-order valence-electron chi connectivity index (χ0n) is 22.5. The lowest BCUT2D eigenvalue weighted by Gasteiger charge is -2.37. The van der Waals surface area contributed by atoms with E-state index in [1.165, 1.54) is 24.3 Å². The van der Waals surface area contributed by atoms with Crippen LogP contribution < -0.4 is 10.6 Å². The number of rotatable bonds is 5. The molecule has 1 saturated heterocycles. The summed E-state index contributed by atoms with van der Waals surface area (Å²) < 4.78 is 44.4. The van der Waals surface area contributed by atoms with E-state index in [-0.39, 0.29) is 22.7 Å². The molecule has 7 heteroatoms. The van der Waals surface area contributed by atoms with Crippen LogP contribution in [0.15, 0.2) is 36.4 Å². The van der Waals surface area contributed by atoms with Crippen molar-refractivity contribution in [1.82, 2.24) is 5.32 Å². The molecule has 204 valence electrons. The minimum absolute atomic E-state index is 0.00292. The van der Waals surface area contributed by atoms with Crippen LogP contribution in [0.5, 0.6) is 0 Å². The third-order valence-corrected chi connectivity index (χ3v) is 8.91. The first-order valence-electron chi connectivity index (χ1n) is 13.8. The van der Waals surface area contributed by atoms with Crippen molar-refractivity contribution in [2.75, 3.05) is 5.32 Å². The lowest BCUT2D eigenvalue weighted by atomic mass is 9.62. The molecule has 3 aliphatic rings. The molecule has 4 nitrogen and oxygen atoms in total. The highest BCUT2D eigenvalue weighted by atomic mass is 19.2. The van der Waals surface area contributed by atoms with Crippen LogP contribution in [0.25, 0.3) is 0 Å². The molecule has 38 heavy (non-hydrogen) atoms. The number of hydrogen-bond donors (Lipinski definition) is 2. The lowest BCUT2D eigenvalue weighted by Crippen LogP contribution is -2.49. The topological polar surface area (TPSA) is 58.2 Å². The number of nitrogens with one attached hydrogen (secondary N) is 2. The largest absolute Gasteiger partial charge is 0.325 e. The second kappa shape index (κ2) is 9.82. The Hall–Kier alpha value is -2.67. The van der Waals surface area contributed by atoms with E-state index in [0.717, 1.165) is 31.7 Å². The zero-order valence-corrected chi connectivity index (χ0v) is 22.5. The van der Waals surface area contributed by atoms with Gasteiger partial charge in [0.25, 0.3) is 0 Å². The number of halogens is 3. The number of carbonyl (C=O) groups is 2. The first-order valence-corrected chi connectivity index (χ1v) is 13.8. The van der Waals surface area contributed by atoms with Crippen molar-refractivity contribution in [3.63, 3.8) is 0 Å². The quantitative estimate of drug-likeness (QED) is 0.459. The number of amides is 1. The van der Waals surface area contributed by atoms with Gasteiger partial charge < -0.3 is 10.6 Å². The van der Waals surface area contributed by atoms with E-state index in [1.807, 2.05) is 20.8 Å². The summed E-state index contributed by atoms with van der Waals surface area (Å²) in [6, 6.07) is 6.59. The van der Waals surface area contributed by atoms with Crippen molar-refractivity contribution in [2.45, 2.75) is 89.6 Å². The molecule has 0 bridgehead atoms. The highest BCUT2D eigenvalue weighted by molar-refractivity contribution is 6.09. The molecule has 0 aromatic heterocycles. The Morgan fingerprint density at radius 1 is 1.05 bits per heavy atom. The van der Waals surface area contributed by atoms with Crippen molar-refractivity contribution < 1.29 is 22.8 Å². The summed E-state index contributed by atoms with van der Waals surface area (Å²) in [4.78, 5) is 28.1. The van der Waals surface area contributed by atoms with E-state index >= 15 is 4.39 Å². The first kappa shape index (κ1) is 26.9. The zero-order chi connectivity index (χ0) is 27.4. The maximum Gasteiger partial charge on any atom is 0.237 e. The molecule has 0 unspecified atom stereocenters. The van der Waals surface area contributed by atoms with Crippen LogP contribution in [0.2, 0.25) is 0 Å². The molecule has 1 amide bonds. The van der Waals surface area contributed by atoms with Gasteiger partial charge in [0.05, 0.1) is 6.04 Å². The summed E-state index contributed by atoms with van der Waals surface area (Å²) in [7, 11) is 0. The Labute approximate surface area is 222 Å². The molecule has 2 aliphatic heterocycles. The minimum Gasteiger partial charge on any atom is -0.325 e. The average molecular weight is 527 g/mol. The van der Waals surface area contributed by atoms with E-state index in [4.69, 9.17) is 0 Å². The summed E-state index contributed by atoms with van der Waals surface area (Å²) in [5, 5.41) is 6.29. The van der Waals surface area contributed by atoms with Crippen LogP contribution in [0, 0.1) is 34.7 Å². The smallest absolute Gasteiger partial charge is 0.237 e. The number of carbonyl (C=O) groups excluding carboxylic acids is 2. The van der Waals surface area contributed by atoms with Crippen molar-refractivity contribution >= 4 is 17.4 Å². The summed E-state index contributed by atoms with van der Waals surface area (Å²) in [5.74, 6) is -3.22. The highest BCUT2D eigenvalue weighted by Crippen LogP contribution is 2.57. The van der Waals surface area contributed by atoms with Gasteiger partial charge in [-0.3, -0.25) is 9.59 Å². The normalized spacial score (nSPS) is 30.9. The fourth-order valence-corrected chi connectivity index (χ4v) is 7.15. The van der Waals surface area contributed by atoms with Gasteiger partial charge in [-0.25, -0.2) is 13.2 Å². The Balaban J connectivity index is 1.67. The van der Waals surface area contributed by atoms with Gasteiger partial charge in [0.2, 0.25) is 5.91 Å². The number of ketones is 1. The van der Waals surface area contributed by atoms with Gasteiger partial charge in [0.15, 0.2) is 17.4 Å². The molecule has 1 spiro atoms. The van der Waals surface area contributed by atoms with Crippen LogP contribution >= 0.6 is 0 Å². The van der Waals surface area contributed by atoms with E-state index in [9.17, 15) is 18.4 Å². The Morgan fingerprint density at radius 2 is 1.76 bits per heavy atom. The monoisotopic (exact) mass is 526 g/mol. The van der Waals surface area contributed by atoms with Gasteiger partial charge in [-0.05, 0) is 65.8 Å². The maximum atomic E-state index is 15.6. The van der Waals surface area contributed by atoms with Gasteiger partial charge in [-0.2, -0.15) is 0 Å². The number of fused-ring (bicyclic) bond motifs is 2. The predicted molar refractivity (Wildman–Crippen MR) is 141 cm³/mol. The SMILES string of the molecule is CC1CCC(CC(=O)[C@@H]2N[C@@H](CC(C)(C)C)[C@@]3(C(=O)Nc4cc(F)ccc43)[C@H]2c2cccc(F)c2F)CC1. The Morgan fingerprint density at radius 3 is 2.45 bits per heavy atom. The van der Waals surface area contributed by atoms with Gasteiger partial charge >= 0.3 is 0 Å². The number of Topliss-reactive ketones (excluding diaryl/α,β-unsaturated/α-hetero) is 1. The fraction of sp³-hybridized carbons (Fsp3) is 0.548. The highest BCUT2D eigenvalue weighted by Gasteiger charge is 2.66. The molecule has 1 aliphatic carbocycles. The van der Waals surface area contributed by atoms with Gasteiger partial charge in [-0.15, -0.1) is 0 Å². The molecular formula is C31H37F3N2O2. The van der Waals surface area contributed by atoms with Gasteiger partial charge in [0, 0.05) is 24.1 Å². The second-order valence-electron chi connectivity index (χ2n) is 12.9. The van der Waals surface area contributed by atoms with Crippen molar-refractivity contribution in [1.29, 1.82) is 0 Å². The third kappa shape index (κ3) is 4.57. The molecule has 1 saturated carbocycles. The molecular weight excluding hydrogens is 489 g/mol. The predicted octanol–water partition coefficient (Wildman–Crippen LogP) is 6.64. The van der Waals surface area contributed by atoms with Gasteiger partial charge in [-0.1, -0.05) is 58.7 Å². The van der Waals surface area contributed by atoms with Crippen molar-refractivity contribution in [2.24, 2.45) is 17.3 Å². The first-order chi connectivity index (χ1) is 17.9. The fourth-order valence-electron chi connectivity index (χ4n) is 7.15. The third-order valence-electron chi connectivity index (χ3n) is 8.91. The summed E-state index contributed by atoms with van der Waals surface area (Å²) in [6.45, 7) is 8.34. The number of benzene rings is 2. The summed E-state index contributed by atoms with van der Waals surface area (Å²) in [5.41, 5.74) is -0.840. The van der Waals surface area contributed by atoms with E-state index in [0.29, 0.717) is 30.0 Å². The summed E-state index contributed by atoms with van der Waals surface area (Å²) in [6.07, 6.45) is 4.87. The second-order valence-corrected chi connectivity index (χ2v) is 12.9.